The first-order chi connectivity index (χ1) is 8.55. The Morgan fingerprint density at radius 2 is 2.11 bits per heavy atom. The van der Waals surface area contributed by atoms with Crippen LogP contribution in [0.1, 0.15) is 24.0 Å². The molecule has 2 N–H and O–H groups in total. The van der Waals surface area contributed by atoms with E-state index in [0.29, 0.717) is 13.0 Å². The van der Waals surface area contributed by atoms with Crippen LogP contribution in [0.2, 0.25) is 0 Å². The Morgan fingerprint density at radius 1 is 1.33 bits per heavy atom. The Labute approximate surface area is 109 Å². The van der Waals surface area contributed by atoms with Crippen LogP contribution in [-0.4, -0.2) is 32.7 Å². The van der Waals surface area contributed by atoms with Gasteiger partial charge in [0.2, 0.25) is 10.0 Å². The normalized spacial score (nSPS) is 11.7. The van der Waals surface area contributed by atoms with Gasteiger partial charge in [-0.05, 0) is 50.6 Å². The highest BCUT2D eigenvalue weighted by Gasteiger charge is 2.10. The molecule has 0 unspecified atom stereocenters. The van der Waals surface area contributed by atoms with E-state index in [4.69, 9.17) is 0 Å². The number of unbranched alkanes of at least 4 members (excludes halogenated alkanes) is 1. The Bertz CT molecular complexity index is 460. The summed E-state index contributed by atoms with van der Waals surface area (Å²) in [6.45, 7) is 3.10. The molecule has 0 radical (unpaired) electrons. The Balaban J connectivity index is 2.40. The molecule has 0 bridgehead atoms. The van der Waals surface area contributed by atoms with Crippen LogP contribution in [0.15, 0.2) is 18.5 Å². The summed E-state index contributed by atoms with van der Waals surface area (Å²) in [5.41, 5.74) is 1.96. The van der Waals surface area contributed by atoms with Crippen molar-refractivity contribution in [1.82, 2.24) is 15.0 Å². The van der Waals surface area contributed by atoms with Crippen molar-refractivity contribution < 1.29 is 8.42 Å². The van der Waals surface area contributed by atoms with E-state index in [1.165, 1.54) is 0 Å². The molecule has 1 heterocycles. The van der Waals surface area contributed by atoms with E-state index in [9.17, 15) is 8.42 Å². The summed E-state index contributed by atoms with van der Waals surface area (Å²) in [5, 5.41) is 3.00. The Morgan fingerprint density at radius 3 is 2.78 bits per heavy atom. The molecule has 0 aromatic carbocycles. The highest BCUT2D eigenvalue weighted by atomic mass is 32.2. The smallest absolute Gasteiger partial charge is 0.211 e. The summed E-state index contributed by atoms with van der Waals surface area (Å²) in [4.78, 5) is 3.99. The second-order valence-corrected chi connectivity index (χ2v) is 6.18. The van der Waals surface area contributed by atoms with Crippen LogP contribution in [0.5, 0.6) is 0 Å². The highest BCUT2D eigenvalue weighted by molar-refractivity contribution is 7.89. The highest BCUT2D eigenvalue weighted by Crippen LogP contribution is 2.05. The van der Waals surface area contributed by atoms with Crippen LogP contribution in [0.4, 0.5) is 0 Å². The van der Waals surface area contributed by atoms with Crippen LogP contribution in [0, 0.1) is 6.92 Å². The molecule has 0 saturated heterocycles. The first kappa shape index (κ1) is 15.1. The molecule has 0 spiro atoms. The number of hydrogen-bond acceptors (Lipinski definition) is 4. The van der Waals surface area contributed by atoms with E-state index in [1.54, 1.807) is 12.4 Å². The quantitative estimate of drug-likeness (QED) is 0.686. The van der Waals surface area contributed by atoms with Crippen molar-refractivity contribution in [1.29, 1.82) is 0 Å². The minimum absolute atomic E-state index is 0.175. The van der Waals surface area contributed by atoms with Crippen molar-refractivity contribution in [2.45, 2.75) is 26.3 Å². The third-order valence-corrected chi connectivity index (χ3v) is 4.13. The standard InChI is InChI=1S/C12H21N3O2S/c1-11-5-7-14-9-12(11)10-15-18(16,17)8-4-3-6-13-2/h5,7,9,13,15H,3-4,6,8,10H2,1-2H3. The summed E-state index contributed by atoms with van der Waals surface area (Å²) in [5.74, 6) is 0.175. The molecular weight excluding hydrogens is 250 g/mol. The Kier molecular flexibility index (Phi) is 6.24. The first-order valence-corrected chi connectivity index (χ1v) is 7.72. The number of pyridine rings is 1. The summed E-state index contributed by atoms with van der Waals surface area (Å²) < 4.78 is 26.1. The van der Waals surface area contributed by atoms with Gasteiger partial charge in [0.15, 0.2) is 0 Å². The van der Waals surface area contributed by atoms with Gasteiger partial charge in [0.05, 0.1) is 5.75 Å². The Hall–Kier alpha value is -0.980. The largest absolute Gasteiger partial charge is 0.320 e. The van der Waals surface area contributed by atoms with Crippen molar-refractivity contribution >= 4 is 10.0 Å². The van der Waals surface area contributed by atoms with Gasteiger partial charge in [-0.1, -0.05) is 0 Å². The maximum Gasteiger partial charge on any atom is 0.211 e. The van der Waals surface area contributed by atoms with Gasteiger partial charge in [-0.2, -0.15) is 0 Å². The fourth-order valence-corrected chi connectivity index (χ4v) is 2.64. The lowest BCUT2D eigenvalue weighted by Crippen LogP contribution is -2.26. The van der Waals surface area contributed by atoms with Crippen LogP contribution in [0.3, 0.4) is 0 Å². The summed E-state index contributed by atoms with van der Waals surface area (Å²) >= 11 is 0. The van der Waals surface area contributed by atoms with E-state index < -0.39 is 10.0 Å². The van der Waals surface area contributed by atoms with E-state index in [2.05, 4.69) is 15.0 Å². The third kappa shape index (κ3) is 5.57. The molecule has 6 heteroatoms. The fraction of sp³-hybridized carbons (Fsp3) is 0.583. The van der Waals surface area contributed by atoms with Gasteiger partial charge in [-0.25, -0.2) is 13.1 Å². The van der Waals surface area contributed by atoms with Gasteiger partial charge in [0, 0.05) is 18.9 Å². The minimum Gasteiger partial charge on any atom is -0.320 e. The molecular formula is C12H21N3O2S. The van der Waals surface area contributed by atoms with Gasteiger partial charge >= 0.3 is 0 Å². The molecule has 18 heavy (non-hydrogen) atoms. The predicted molar refractivity (Wildman–Crippen MR) is 72.8 cm³/mol. The molecule has 1 aromatic rings. The zero-order valence-electron chi connectivity index (χ0n) is 10.9. The molecule has 0 fully saturated rings. The molecule has 0 saturated carbocycles. The average molecular weight is 271 g/mol. The van der Waals surface area contributed by atoms with E-state index in [0.717, 1.165) is 24.1 Å². The molecule has 0 atom stereocenters. The molecule has 0 aliphatic carbocycles. The number of aryl methyl sites for hydroxylation is 1. The predicted octanol–water partition coefficient (Wildman–Crippen LogP) is 0.809. The van der Waals surface area contributed by atoms with Crippen LogP contribution >= 0.6 is 0 Å². The van der Waals surface area contributed by atoms with E-state index in [1.807, 2.05) is 20.0 Å². The van der Waals surface area contributed by atoms with Gasteiger partial charge in [-0.3, -0.25) is 4.98 Å². The minimum atomic E-state index is -3.18. The summed E-state index contributed by atoms with van der Waals surface area (Å²) in [6.07, 6.45) is 4.93. The molecule has 0 aliphatic heterocycles. The maximum atomic E-state index is 11.7. The molecule has 1 aromatic heterocycles. The number of sulfonamides is 1. The fourth-order valence-electron chi connectivity index (χ4n) is 1.54. The average Bonchev–Trinajstić information content (AvgIpc) is 2.34. The number of nitrogens with one attached hydrogen (secondary N) is 2. The lowest BCUT2D eigenvalue weighted by Gasteiger charge is -2.08. The second kappa shape index (κ2) is 7.45. The zero-order valence-corrected chi connectivity index (χ0v) is 11.8. The summed E-state index contributed by atoms with van der Waals surface area (Å²) in [6, 6.07) is 1.87. The van der Waals surface area contributed by atoms with Crippen LogP contribution in [-0.2, 0) is 16.6 Å². The number of nitrogens with zero attached hydrogens (tertiary/aromatic N) is 1. The first-order valence-electron chi connectivity index (χ1n) is 6.06. The van der Waals surface area contributed by atoms with Gasteiger partial charge in [0.25, 0.3) is 0 Å². The molecule has 1 rings (SSSR count). The number of aromatic nitrogens is 1. The monoisotopic (exact) mass is 271 g/mol. The van der Waals surface area contributed by atoms with Crippen molar-refractivity contribution in [3.05, 3.63) is 29.6 Å². The number of hydrogen-bond donors (Lipinski definition) is 2. The lowest BCUT2D eigenvalue weighted by atomic mass is 10.2. The SMILES string of the molecule is CNCCCCS(=O)(=O)NCc1cnccc1C. The molecule has 5 nitrogen and oxygen atoms in total. The van der Waals surface area contributed by atoms with E-state index >= 15 is 0 Å². The third-order valence-electron chi connectivity index (χ3n) is 2.72. The lowest BCUT2D eigenvalue weighted by molar-refractivity contribution is 0.575. The molecule has 102 valence electrons. The van der Waals surface area contributed by atoms with Gasteiger partial charge in [-0.15, -0.1) is 0 Å². The second-order valence-electron chi connectivity index (χ2n) is 4.25. The van der Waals surface area contributed by atoms with Crippen molar-refractivity contribution in [2.75, 3.05) is 19.3 Å². The van der Waals surface area contributed by atoms with Crippen molar-refractivity contribution in [3.8, 4) is 0 Å². The summed E-state index contributed by atoms with van der Waals surface area (Å²) in [7, 11) is -1.32. The van der Waals surface area contributed by atoms with Gasteiger partial charge < -0.3 is 5.32 Å². The molecule has 0 aliphatic rings. The van der Waals surface area contributed by atoms with Crippen LogP contribution in [0.25, 0.3) is 0 Å². The topological polar surface area (TPSA) is 71.1 Å². The maximum absolute atomic E-state index is 11.7. The van der Waals surface area contributed by atoms with Gasteiger partial charge in [0.1, 0.15) is 0 Å². The van der Waals surface area contributed by atoms with Crippen LogP contribution < -0.4 is 10.0 Å². The van der Waals surface area contributed by atoms with E-state index in [-0.39, 0.29) is 5.75 Å². The number of rotatable bonds is 8. The zero-order chi connectivity index (χ0) is 13.4. The van der Waals surface area contributed by atoms with Crippen molar-refractivity contribution in [2.24, 2.45) is 0 Å². The molecule has 0 amide bonds. The van der Waals surface area contributed by atoms with Crippen molar-refractivity contribution in [3.63, 3.8) is 0 Å².